The van der Waals surface area contributed by atoms with Crippen molar-refractivity contribution in [2.75, 3.05) is 0 Å². The Hall–Kier alpha value is -3.40. The molecule has 6 rings (SSSR count). The number of benzene rings is 2. The normalized spacial score (nSPS) is 18.7. The van der Waals surface area contributed by atoms with Crippen LogP contribution >= 0.6 is 0 Å². The Morgan fingerprint density at radius 3 is 1.46 bits per heavy atom. The van der Waals surface area contributed by atoms with Gasteiger partial charge in [0.2, 0.25) is 0 Å². The Balaban J connectivity index is 1.43. The molecule has 0 unspecified atom stereocenters. The van der Waals surface area contributed by atoms with Crippen molar-refractivity contribution < 1.29 is 0 Å². The highest BCUT2D eigenvalue weighted by Gasteiger charge is 2.30. The van der Waals surface area contributed by atoms with Crippen LogP contribution in [0.4, 0.5) is 11.4 Å². The van der Waals surface area contributed by atoms with Crippen molar-refractivity contribution in [1.29, 1.82) is 0 Å². The highest BCUT2D eigenvalue weighted by atomic mass is 15.0. The monoisotopic (exact) mass is 306 g/mol. The van der Waals surface area contributed by atoms with Gasteiger partial charge in [-0.05, 0) is 24.3 Å². The van der Waals surface area contributed by atoms with Crippen LogP contribution in [0, 0.1) is 0 Å². The predicted octanol–water partition coefficient (Wildman–Crippen LogP) is 4.15. The Morgan fingerprint density at radius 2 is 0.958 bits per heavy atom. The number of amidine groups is 2. The van der Waals surface area contributed by atoms with Crippen LogP contribution in [0.1, 0.15) is 11.1 Å². The Kier molecular flexibility index (Phi) is 2.07. The van der Waals surface area contributed by atoms with Gasteiger partial charge in [0, 0.05) is 22.3 Å². The third-order valence-electron chi connectivity index (χ3n) is 4.60. The van der Waals surface area contributed by atoms with Crippen LogP contribution in [0.2, 0.25) is 0 Å². The molecule has 24 heavy (non-hydrogen) atoms. The lowest BCUT2D eigenvalue weighted by Gasteiger charge is -1.97. The first kappa shape index (κ1) is 12.1. The number of para-hydroxylation sites is 2. The zero-order valence-corrected chi connectivity index (χ0v) is 12.6. The lowest BCUT2D eigenvalue weighted by molar-refractivity contribution is 1.52. The minimum atomic E-state index is 0.784. The van der Waals surface area contributed by atoms with Crippen LogP contribution in [0.5, 0.6) is 0 Å². The summed E-state index contributed by atoms with van der Waals surface area (Å²) in [6, 6.07) is 16.3. The highest BCUT2D eigenvalue weighted by Crippen LogP contribution is 2.40. The zero-order valence-electron chi connectivity index (χ0n) is 12.6. The molecule has 0 aliphatic carbocycles. The SMILES string of the molecule is C1=C2C(=Nc3ccccc32)N=C1C1=NC2=Nc3ccccc3C2=C1. The van der Waals surface area contributed by atoms with E-state index in [0.717, 1.165) is 56.7 Å². The molecule has 4 aliphatic rings. The van der Waals surface area contributed by atoms with Crippen LogP contribution in [0.3, 0.4) is 0 Å². The van der Waals surface area contributed by atoms with Crippen LogP contribution in [0.15, 0.2) is 80.7 Å². The second-order valence-corrected chi connectivity index (χ2v) is 6.02. The fourth-order valence-electron chi connectivity index (χ4n) is 3.47. The summed E-state index contributed by atoms with van der Waals surface area (Å²) >= 11 is 0. The van der Waals surface area contributed by atoms with Crippen LogP contribution in [-0.2, 0) is 0 Å². The van der Waals surface area contributed by atoms with Crippen LogP contribution in [0.25, 0.3) is 11.1 Å². The molecule has 0 fully saturated rings. The third kappa shape index (κ3) is 1.47. The molecule has 0 amide bonds. The molecular weight excluding hydrogens is 296 g/mol. The minimum Gasteiger partial charge on any atom is -0.228 e. The summed E-state index contributed by atoms with van der Waals surface area (Å²) in [7, 11) is 0. The predicted molar refractivity (Wildman–Crippen MR) is 97.9 cm³/mol. The maximum Gasteiger partial charge on any atom is 0.161 e. The summed E-state index contributed by atoms with van der Waals surface area (Å²) in [6.45, 7) is 0. The maximum absolute atomic E-state index is 4.67. The third-order valence-corrected chi connectivity index (χ3v) is 4.60. The first-order valence-corrected chi connectivity index (χ1v) is 7.85. The molecule has 2 aromatic rings. The van der Waals surface area contributed by atoms with E-state index >= 15 is 0 Å². The summed E-state index contributed by atoms with van der Waals surface area (Å²) in [5.74, 6) is 1.57. The van der Waals surface area contributed by atoms with Gasteiger partial charge in [-0.15, -0.1) is 0 Å². The molecule has 4 heteroatoms. The molecule has 2 aromatic carbocycles. The van der Waals surface area contributed by atoms with Gasteiger partial charge in [0.05, 0.1) is 22.8 Å². The van der Waals surface area contributed by atoms with E-state index in [2.05, 4.69) is 44.3 Å². The van der Waals surface area contributed by atoms with Crippen molar-refractivity contribution in [2.24, 2.45) is 20.0 Å². The average Bonchev–Trinajstić information content (AvgIpc) is 3.31. The van der Waals surface area contributed by atoms with Crippen molar-refractivity contribution in [1.82, 2.24) is 0 Å². The van der Waals surface area contributed by atoms with Crippen molar-refractivity contribution in [3.8, 4) is 0 Å². The molecule has 110 valence electrons. The second-order valence-electron chi connectivity index (χ2n) is 6.02. The molecule has 0 atom stereocenters. The summed E-state index contributed by atoms with van der Waals surface area (Å²) in [6.07, 6.45) is 4.15. The van der Waals surface area contributed by atoms with E-state index in [1.54, 1.807) is 0 Å². The lowest BCUT2D eigenvalue weighted by atomic mass is 10.0. The number of allylic oxidation sites excluding steroid dienone is 2. The van der Waals surface area contributed by atoms with Gasteiger partial charge in [-0.25, -0.2) is 20.0 Å². The second kappa shape index (κ2) is 4.11. The van der Waals surface area contributed by atoms with Gasteiger partial charge in [-0.2, -0.15) is 0 Å². The quantitative estimate of drug-likeness (QED) is 0.760. The highest BCUT2D eigenvalue weighted by molar-refractivity contribution is 6.63. The van der Waals surface area contributed by atoms with Gasteiger partial charge >= 0.3 is 0 Å². The van der Waals surface area contributed by atoms with Gasteiger partial charge < -0.3 is 0 Å². The Labute approximate surface area is 138 Å². The minimum absolute atomic E-state index is 0.784. The molecule has 4 nitrogen and oxygen atoms in total. The molecule has 0 bridgehead atoms. The molecule has 0 spiro atoms. The summed E-state index contributed by atoms with van der Waals surface area (Å²) < 4.78 is 0. The van der Waals surface area contributed by atoms with Crippen molar-refractivity contribution in [3.05, 3.63) is 71.8 Å². The molecule has 0 N–H and O–H groups in total. The van der Waals surface area contributed by atoms with Gasteiger partial charge in [-0.1, -0.05) is 36.4 Å². The van der Waals surface area contributed by atoms with E-state index in [1.807, 2.05) is 36.4 Å². The van der Waals surface area contributed by atoms with Crippen molar-refractivity contribution >= 4 is 45.6 Å². The lowest BCUT2D eigenvalue weighted by Crippen LogP contribution is -2.05. The Bertz CT molecular complexity index is 1050. The molecule has 4 heterocycles. The topological polar surface area (TPSA) is 49.4 Å². The number of rotatable bonds is 1. The van der Waals surface area contributed by atoms with Gasteiger partial charge in [0.25, 0.3) is 0 Å². The Morgan fingerprint density at radius 1 is 0.500 bits per heavy atom. The molecule has 0 saturated carbocycles. The maximum atomic E-state index is 4.67. The number of hydrogen-bond acceptors (Lipinski definition) is 4. The van der Waals surface area contributed by atoms with E-state index in [0.29, 0.717) is 0 Å². The summed E-state index contributed by atoms with van der Waals surface area (Å²) in [4.78, 5) is 18.5. The van der Waals surface area contributed by atoms with Crippen LogP contribution in [-0.4, -0.2) is 23.1 Å². The summed E-state index contributed by atoms with van der Waals surface area (Å²) in [5.41, 5.74) is 8.15. The number of nitrogens with zero attached hydrogens (tertiary/aromatic N) is 4. The number of aliphatic imine (C=N–C) groups is 4. The van der Waals surface area contributed by atoms with E-state index in [-0.39, 0.29) is 0 Å². The largest absolute Gasteiger partial charge is 0.228 e. The number of fused-ring (bicyclic) bond motifs is 6. The first-order valence-electron chi connectivity index (χ1n) is 7.85. The van der Waals surface area contributed by atoms with E-state index < -0.39 is 0 Å². The fraction of sp³-hybridized carbons (Fsp3) is 0. The fourth-order valence-corrected chi connectivity index (χ4v) is 3.47. The number of hydrogen-bond donors (Lipinski definition) is 0. The van der Waals surface area contributed by atoms with E-state index in [4.69, 9.17) is 0 Å². The zero-order chi connectivity index (χ0) is 15.7. The van der Waals surface area contributed by atoms with E-state index in [1.165, 1.54) is 0 Å². The van der Waals surface area contributed by atoms with Gasteiger partial charge in [-0.3, -0.25) is 0 Å². The van der Waals surface area contributed by atoms with Crippen LogP contribution < -0.4 is 0 Å². The molecule has 0 saturated heterocycles. The molecule has 0 aromatic heterocycles. The average molecular weight is 306 g/mol. The molecule has 4 aliphatic heterocycles. The molecule has 0 radical (unpaired) electrons. The van der Waals surface area contributed by atoms with Crippen molar-refractivity contribution in [3.63, 3.8) is 0 Å². The van der Waals surface area contributed by atoms with Gasteiger partial charge in [0.15, 0.2) is 11.7 Å². The molecular formula is C20H10N4. The van der Waals surface area contributed by atoms with Gasteiger partial charge in [0.1, 0.15) is 0 Å². The first-order chi connectivity index (χ1) is 11.9. The standard InChI is InChI=1S/C20H10N4/c1-3-7-15-11(5-1)13-9-17(23-19(13)21-15)18-10-14-12-6-2-4-8-16(12)22-20(14)24-18/h1-10H. The smallest absolute Gasteiger partial charge is 0.161 e. The van der Waals surface area contributed by atoms with E-state index in [9.17, 15) is 0 Å². The summed E-state index contributed by atoms with van der Waals surface area (Å²) in [5, 5.41) is 0. The van der Waals surface area contributed by atoms with Crippen molar-refractivity contribution in [2.45, 2.75) is 0 Å².